The second kappa shape index (κ2) is 8.37. The average Bonchev–Trinajstić information content (AvgIpc) is 2.44. The Hall–Kier alpha value is -1.51. The Morgan fingerprint density at radius 1 is 1.26 bits per heavy atom. The lowest BCUT2D eigenvalue weighted by atomic mass is 9.83. The van der Waals surface area contributed by atoms with Crippen LogP contribution in [0.2, 0.25) is 0 Å². The molecule has 0 aromatic heterocycles. The monoisotopic (exact) mass is 320 g/mol. The van der Waals surface area contributed by atoms with Gasteiger partial charge in [0.2, 0.25) is 0 Å². The van der Waals surface area contributed by atoms with E-state index in [1.807, 2.05) is 19.1 Å². The fourth-order valence-electron chi connectivity index (χ4n) is 2.67. The number of carbonyl (C=O) groups is 1. The summed E-state index contributed by atoms with van der Waals surface area (Å²) >= 11 is 0. The van der Waals surface area contributed by atoms with Crippen molar-refractivity contribution < 1.29 is 14.6 Å². The van der Waals surface area contributed by atoms with Gasteiger partial charge in [0.25, 0.3) is 0 Å². The maximum absolute atomic E-state index is 12.4. The number of aromatic hydroxyl groups is 1. The van der Waals surface area contributed by atoms with Gasteiger partial charge in [0.05, 0.1) is 12.5 Å². The molecular formula is C20H32O3. The fraction of sp³-hybridized carbons (Fsp3) is 0.650. The van der Waals surface area contributed by atoms with Crippen molar-refractivity contribution in [3.63, 3.8) is 0 Å². The van der Waals surface area contributed by atoms with Crippen LogP contribution in [0, 0.1) is 5.92 Å². The Labute approximate surface area is 141 Å². The van der Waals surface area contributed by atoms with Crippen LogP contribution in [-0.2, 0) is 14.9 Å². The van der Waals surface area contributed by atoms with Crippen LogP contribution >= 0.6 is 0 Å². The van der Waals surface area contributed by atoms with Gasteiger partial charge < -0.3 is 9.84 Å². The summed E-state index contributed by atoms with van der Waals surface area (Å²) in [5, 5.41) is 10.1. The molecule has 0 spiro atoms. The lowest BCUT2D eigenvalue weighted by Gasteiger charge is -2.23. The molecular weight excluding hydrogens is 288 g/mol. The summed E-state index contributed by atoms with van der Waals surface area (Å²) in [6, 6.07) is 5.46. The van der Waals surface area contributed by atoms with Crippen LogP contribution in [0.15, 0.2) is 18.2 Å². The third-order valence-corrected chi connectivity index (χ3v) is 4.09. The zero-order chi connectivity index (χ0) is 17.6. The Morgan fingerprint density at radius 3 is 2.43 bits per heavy atom. The zero-order valence-corrected chi connectivity index (χ0v) is 15.5. The molecule has 1 N–H and O–H groups in total. The smallest absolute Gasteiger partial charge is 0.313 e. The molecule has 0 amide bonds. The van der Waals surface area contributed by atoms with Gasteiger partial charge in [-0.25, -0.2) is 0 Å². The maximum Gasteiger partial charge on any atom is 0.313 e. The van der Waals surface area contributed by atoms with E-state index in [-0.39, 0.29) is 23.1 Å². The van der Waals surface area contributed by atoms with Crippen LogP contribution in [0.5, 0.6) is 5.75 Å². The van der Waals surface area contributed by atoms with E-state index >= 15 is 0 Å². The molecule has 3 nitrogen and oxygen atoms in total. The molecule has 0 fully saturated rings. The number of ether oxygens (including phenoxy) is 1. The Balaban J connectivity index is 2.83. The average molecular weight is 320 g/mol. The molecule has 1 aromatic carbocycles. The SMILES string of the molecule is CCC(C(=O)OCCCC(C)C)c1ccc(O)c(C(C)(C)C)c1. The van der Waals surface area contributed by atoms with Gasteiger partial charge in [0, 0.05) is 0 Å². The molecule has 1 unspecified atom stereocenters. The molecule has 1 aromatic rings. The lowest BCUT2D eigenvalue weighted by Crippen LogP contribution is -2.18. The van der Waals surface area contributed by atoms with Gasteiger partial charge in [-0.3, -0.25) is 4.79 Å². The van der Waals surface area contributed by atoms with Crippen LogP contribution in [0.4, 0.5) is 0 Å². The summed E-state index contributed by atoms with van der Waals surface area (Å²) in [6.07, 6.45) is 2.66. The molecule has 0 aliphatic carbocycles. The van der Waals surface area contributed by atoms with E-state index in [1.54, 1.807) is 6.07 Å². The number of benzene rings is 1. The highest BCUT2D eigenvalue weighted by Crippen LogP contribution is 2.34. The molecule has 0 bridgehead atoms. The number of phenolic OH excluding ortho intramolecular Hbond substituents is 1. The minimum absolute atomic E-state index is 0.165. The van der Waals surface area contributed by atoms with Gasteiger partial charge in [-0.2, -0.15) is 0 Å². The molecule has 0 saturated heterocycles. The number of rotatable bonds is 7. The summed E-state index contributed by atoms with van der Waals surface area (Å²) in [5.41, 5.74) is 1.62. The van der Waals surface area contributed by atoms with E-state index in [0.29, 0.717) is 18.9 Å². The Bertz CT molecular complexity index is 512. The third kappa shape index (κ3) is 5.89. The summed E-state index contributed by atoms with van der Waals surface area (Å²) in [7, 11) is 0. The topological polar surface area (TPSA) is 46.5 Å². The summed E-state index contributed by atoms with van der Waals surface area (Å²) in [4.78, 5) is 12.4. The number of hydrogen-bond acceptors (Lipinski definition) is 3. The minimum atomic E-state index is -0.268. The van der Waals surface area contributed by atoms with Crippen molar-refractivity contribution in [3.8, 4) is 5.75 Å². The number of esters is 1. The quantitative estimate of drug-likeness (QED) is 0.557. The summed E-state index contributed by atoms with van der Waals surface area (Å²) in [6.45, 7) is 13.0. The molecule has 0 saturated carbocycles. The molecule has 0 radical (unpaired) electrons. The van der Waals surface area contributed by atoms with E-state index in [2.05, 4.69) is 34.6 Å². The van der Waals surface area contributed by atoms with Crippen molar-refractivity contribution in [3.05, 3.63) is 29.3 Å². The van der Waals surface area contributed by atoms with Gasteiger partial charge in [-0.1, -0.05) is 53.7 Å². The van der Waals surface area contributed by atoms with Crippen LogP contribution in [-0.4, -0.2) is 17.7 Å². The summed E-state index contributed by atoms with van der Waals surface area (Å²) < 4.78 is 5.45. The number of hydrogen-bond donors (Lipinski definition) is 1. The summed E-state index contributed by atoms with van der Waals surface area (Å²) in [5.74, 6) is 0.473. The second-order valence-electron chi connectivity index (χ2n) is 7.69. The van der Waals surface area contributed by atoms with Gasteiger partial charge in [-0.15, -0.1) is 0 Å². The molecule has 130 valence electrons. The van der Waals surface area contributed by atoms with Crippen molar-refractivity contribution in [1.82, 2.24) is 0 Å². The second-order valence-corrected chi connectivity index (χ2v) is 7.69. The third-order valence-electron chi connectivity index (χ3n) is 4.09. The highest BCUT2D eigenvalue weighted by Gasteiger charge is 2.24. The molecule has 1 rings (SSSR count). The molecule has 0 aliphatic heterocycles. The van der Waals surface area contributed by atoms with Crippen LogP contribution < -0.4 is 0 Å². The first-order valence-corrected chi connectivity index (χ1v) is 8.66. The van der Waals surface area contributed by atoms with E-state index in [4.69, 9.17) is 4.74 Å². The fourth-order valence-corrected chi connectivity index (χ4v) is 2.67. The van der Waals surface area contributed by atoms with E-state index in [9.17, 15) is 9.90 Å². The highest BCUT2D eigenvalue weighted by atomic mass is 16.5. The first kappa shape index (κ1) is 19.5. The normalized spacial score (nSPS) is 13.2. The minimum Gasteiger partial charge on any atom is -0.508 e. The van der Waals surface area contributed by atoms with Crippen molar-refractivity contribution in [2.75, 3.05) is 6.61 Å². The largest absolute Gasteiger partial charge is 0.508 e. The van der Waals surface area contributed by atoms with Crippen LogP contribution in [0.3, 0.4) is 0 Å². The van der Waals surface area contributed by atoms with Crippen molar-refractivity contribution in [2.45, 2.75) is 72.1 Å². The zero-order valence-electron chi connectivity index (χ0n) is 15.5. The van der Waals surface area contributed by atoms with Gasteiger partial charge in [0.15, 0.2) is 0 Å². The van der Waals surface area contributed by atoms with E-state index in [0.717, 1.165) is 24.0 Å². The lowest BCUT2D eigenvalue weighted by molar-refractivity contribution is -0.145. The standard InChI is InChI=1S/C20H32O3/c1-7-16(19(22)23-12-8-9-14(2)3)15-10-11-18(21)17(13-15)20(4,5)6/h10-11,13-14,16,21H,7-9,12H2,1-6H3. The van der Waals surface area contributed by atoms with E-state index < -0.39 is 0 Å². The maximum atomic E-state index is 12.4. The van der Waals surface area contributed by atoms with Crippen molar-refractivity contribution in [1.29, 1.82) is 0 Å². The van der Waals surface area contributed by atoms with Crippen LogP contribution in [0.25, 0.3) is 0 Å². The molecule has 23 heavy (non-hydrogen) atoms. The van der Waals surface area contributed by atoms with Crippen molar-refractivity contribution >= 4 is 5.97 Å². The first-order valence-electron chi connectivity index (χ1n) is 8.66. The molecule has 0 aliphatic rings. The number of phenols is 1. The Morgan fingerprint density at radius 2 is 1.91 bits per heavy atom. The number of carbonyl (C=O) groups excluding carboxylic acids is 1. The molecule has 3 heteroatoms. The molecule has 0 heterocycles. The Kier molecular flexibility index (Phi) is 7.11. The predicted octanol–water partition coefficient (Wildman–Crippen LogP) is 5.16. The van der Waals surface area contributed by atoms with Gasteiger partial charge in [0.1, 0.15) is 5.75 Å². The van der Waals surface area contributed by atoms with Crippen LogP contribution in [0.1, 0.15) is 77.8 Å². The van der Waals surface area contributed by atoms with Gasteiger partial charge >= 0.3 is 5.97 Å². The van der Waals surface area contributed by atoms with Gasteiger partial charge in [-0.05, 0) is 47.8 Å². The van der Waals surface area contributed by atoms with E-state index in [1.165, 1.54) is 0 Å². The van der Waals surface area contributed by atoms with Crippen molar-refractivity contribution in [2.24, 2.45) is 5.92 Å². The first-order chi connectivity index (χ1) is 10.7. The molecule has 1 atom stereocenters. The highest BCUT2D eigenvalue weighted by molar-refractivity contribution is 5.78. The predicted molar refractivity (Wildman–Crippen MR) is 94.9 cm³/mol.